The summed E-state index contributed by atoms with van der Waals surface area (Å²) in [6.07, 6.45) is -7.75. The van der Waals surface area contributed by atoms with Crippen molar-refractivity contribution in [2.75, 3.05) is 34.4 Å². The average molecular weight is 546 g/mol. The summed E-state index contributed by atoms with van der Waals surface area (Å²) in [6.45, 7) is 5.38. The summed E-state index contributed by atoms with van der Waals surface area (Å²) in [5.74, 6) is -4.41. The lowest BCUT2D eigenvalue weighted by molar-refractivity contribution is -0.193. The zero-order chi connectivity index (χ0) is 29.1. The van der Waals surface area contributed by atoms with Crippen LogP contribution in [0, 0.1) is 5.92 Å². The fourth-order valence-electron chi connectivity index (χ4n) is 2.41. The number of benzene rings is 1. The van der Waals surface area contributed by atoms with Crippen LogP contribution in [0.25, 0.3) is 10.9 Å². The molecule has 1 aromatic heterocycles. The quantitative estimate of drug-likeness (QED) is 0.503. The number of aromatic nitrogens is 1. The Balaban J connectivity index is 0.000000761. The van der Waals surface area contributed by atoms with E-state index in [1.807, 2.05) is 52.3 Å². The first-order valence-corrected chi connectivity index (χ1v) is 10.4. The first kappa shape index (κ1) is 33.5. The van der Waals surface area contributed by atoms with E-state index in [2.05, 4.69) is 4.90 Å². The Morgan fingerprint density at radius 1 is 1.00 bits per heavy atom. The zero-order valence-electron chi connectivity index (χ0n) is 20.6. The summed E-state index contributed by atoms with van der Waals surface area (Å²) >= 11 is 0. The van der Waals surface area contributed by atoms with Crippen LogP contribution in [0.2, 0.25) is 0 Å². The second kappa shape index (κ2) is 14.3. The van der Waals surface area contributed by atoms with Crippen molar-refractivity contribution in [3.05, 3.63) is 30.0 Å². The van der Waals surface area contributed by atoms with Crippen LogP contribution in [0.3, 0.4) is 0 Å². The number of fused-ring (bicyclic) bond motifs is 1. The van der Waals surface area contributed by atoms with Gasteiger partial charge in [-0.15, -0.1) is 0 Å². The van der Waals surface area contributed by atoms with Crippen molar-refractivity contribution >= 4 is 28.9 Å². The van der Waals surface area contributed by atoms with E-state index in [0.717, 1.165) is 35.2 Å². The van der Waals surface area contributed by atoms with Crippen LogP contribution < -0.4 is 4.74 Å². The highest BCUT2D eigenvalue weighted by molar-refractivity contribution is 5.92. The smallest absolute Gasteiger partial charge is 0.490 e. The summed E-state index contributed by atoms with van der Waals surface area (Å²) in [7, 11) is 5.72. The minimum atomic E-state index is -5.08. The Hall–Kier alpha value is -3.49. The first-order valence-electron chi connectivity index (χ1n) is 10.4. The summed E-state index contributed by atoms with van der Waals surface area (Å²) < 4.78 is 75.8. The highest BCUT2D eigenvalue weighted by atomic mass is 19.4. The molecule has 0 aliphatic rings. The van der Waals surface area contributed by atoms with E-state index in [0.29, 0.717) is 12.5 Å². The number of hydrogen-bond acceptors (Lipinski definition) is 6. The molecule has 2 aromatic rings. The van der Waals surface area contributed by atoms with E-state index < -0.39 is 24.3 Å². The molecule has 15 heteroatoms. The second-order valence-electron chi connectivity index (χ2n) is 8.04. The number of nitrogens with zero attached hydrogens (tertiary/aromatic N) is 2. The van der Waals surface area contributed by atoms with Gasteiger partial charge in [-0.1, -0.05) is 13.8 Å². The Bertz CT molecular complexity index is 1020. The first-order chi connectivity index (χ1) is 16.8. The van der Waals surface area contributed by atoms with Gasteiger partial charge < -0.3 is 24.6 Å². The molecule has 0 fully saturated rings. The molecule has 0 aliphatic carbocycles. The van der Waals surface area contributed by atoms with Crippen LogP contribution in [0.15, 0.2) is 24.4 Å². The SMILES string of the molecule is COc1ccc2c(c1)c(CCN(C)C)cn2C(=O)OCC(C)C.O=C(O)C(F)(F)F.O=C(O)C(F)(F)F. The Morgan fingerprint density at radius 2 is 1.49 bits per heavy atom. The molecule has 0 radical (unpaired) electrons. The van der Waals surface area contributed by atoms with Gasteiger partial charge in [0.1, 0.15) is 5.75 Å². The molecule has 0 amide bonds. The van der Waals surface area contributed by atoms with Crippen LogP contribution >= 0.6 is 0 Å². The summed E-state index contributed by atoms with van der Waals surface area (Å²) in [5.41, 5.74) is 1.97. The molecule has 0 saturated heterocycles. The number of alkyl halides is 6. The number of likely N-dealkylation sites (N-methyl/N-ethyl adjacent to an activating group) is 1. The van der Waals surface area contributed by atoms with Gasteiger partial charge in [-0.05, 0) is 50.2 Å². The molecule has 0 atom stereocenters. The monoisotopic (exact) mass is 546 g/mol. The van der Waals surface area contributed by atoms with E-state index in [1.54, 1.807) is 11.7 Å². The maximum Gasteiger partial charge on any atom is 0.490 e. The number of halogens is 6. The number of carboxylic acids is 2. The van der Waals surface area contributed by atoms with E-state index in [4.69, 9.17) is 29.3 Å². The fourth-order valence-corrected chi connectivity index (χ4v) is 2.41. The number of carbonyl (C=O) groups is 3. The second-order valence-corrected chi connectivity index (χ2v) is 8.04. The van der Waals surface area contributed by atoms with Crippen LogP contribution in [0.5, 0.6) is 5.75 Å². The van der Waals surface area contributed by atoms with Gasteiger partial charge in [0.25, 0.3) is 0 Å². The minimum Gasteiger partial charge on any atom is -0.497 e. The maximum atomic E-state index is 12.4. The predicted molar refractivity (Wildman–Crippen MR) is 120 cm³/mol. The van der Waals surface area contributed by atoms with Gasteiger partial charge in [-0.3, -0.25) is 4.57 Å². The number of rotatable bonds is 6. The average Bonchev–Trinajstić information content (AvgIpc) is 3.13. The van der Waals surface area contributed by atoms with Crippen molar-refractivity contribution in [1.82, 2.24) is 9.47 Å². The largest absolute Gasteiger partial charge is 0.497 e. The molecule has 0 aliphatic heterocycles. The number of carbonyl (C=O) groups excluding carboxylic acids is 1. The molecule has 0 unspecified atom stereocenters. The number of methoxy groups -OCH3 is 1. The van der Waals surface area contributed by atoms with Crippen LogP contribution in [0.4, 0.5) is 31.1 Å². The molecule has 0 spiro atoms. The highest BCUT2D eigenvalue weighted by Crippen LogP contribution is 2.27. The number of carboxylic acid groups (broad SMARTS) is 2. The lowest BCUT2D eigenvalue weighted by Gasteiger charge is -2.08. The van der Waals surface area contributed by atoms with Crippen molar-refractivity contribution < 1.29 is 60.4 Å². The van der Waals surface area contributed by atoms with E-state index >= 15 is 0 Å². The van der Waals surface area contributed by atoms with Crippen molar-refractivity contribution in [3.63, 3.8) is 0 Å². The van der Waals surface area contributed by atoms with Crippen LogP contribution in [0.1, 0.15) is 19.4 Å². The van der Waals surface area contributed by atoms with Crippen molar-refractivity contribution in [1.29, 1.82) is 0 Å². The normalized spacial score (nSPS) is 11.4. The van der Waals surface area contributed by atoms with E-state index in [-0.39, 0.29) is 6.09 Å². The topological polar surface area (TPSA) is 118 Å². The maximum absolute atomic E-state index is 12.4. The van der Waals surface area contributed by atoms with Gasteiger partial charge in [0, 0.05) is 18.1 Å². The molecule has 2 rings (SSSR count). The molecule has 1 heterocycles. The number of hydrogen-bond donors (Lipinski definition) is 2. The lowest BCUT2D eigenvalue weighted by atomic mass is 10.1. The fraction of sp³-hybridized carbons (Fsp3) is 0.500. The third-order valence-electron chi connectivity index (χ3n) is 4.14. The highest BCUT2D eigenvalue weighted by Gasteiger charge is 2.38. The van der Waals surface area contributed by atoms with Gasteiger partial charge in [-0.25, -0.2) is 14.4 Å². The van der Waals surface area contributed by atoms with E-state index in [9.17, 15) is 31.1 Å². The zero-order valence-corrected chi connectivity index (χ0v) is 20.6. The molecule has 2 N–H and O–H groups in total. The molecular weight excluding hydrogens is 518 g/mol. The van der Waals surface area contributed by atoms with E-state index in [1.165, 1.54) is 0 Å². The van der Waals surface area contributed by atoms with Gasteiger partial charge in [-0.2, -0.15) is 26.3 Å². The Labute approximate surface area is 208 Å². The predicted octanol–water partition coefficient (Wildman–Crippen LogP) is 4.66. The number of aliphatic carboxylic acids is 2. The third kappa shape index (κ3) is 12.3. The van der Waals surface area contributed by atoms with Crippen LogP contribution in [-0.4, -0.2) is 84.4 Å². The van der Waals surface area contributed by atoms with Gasteiger partial charge in [0.15, 0.2) is 0 Å². The summed E-state index contributed by atoms with van der Waals surface area (Å²) in [6, 6.07) is 5.75. The minimum absolute atomic E-state index is 0.314. The Kier molecular flexibility index (Phi) is 13.0. The molecular formula is C22H28F6N2O7. The van der Waals surface area contributed by atoms with Gasteiger partial charge in [0.05, 0.1) is 19.2 Å². The lowest BCUT2D eigenvalue weighted by Crippen LogP contribution is -2.21. The summed E-state index contributed by atoms with van der Waals surface area (Å²) in [4.78, 5) is 32.3. The van der Waals surface area contributed by atoms with Gasteiger partial charge >= 0.3 is 30.4 Å². The summed E-state index contributed by atoms with van der Waals surface area (Å²) in [5, 5.41) is 15.3. The molecule has 210 valence electrons. The molecule has 0 bridgehead atoms. The molecule has 0 saturated carbocycles. The van der Waals surface area contributed by atoms with Crippen molar-refractivity contribution in [3.8, 4) is 5.75 Å². The van der Waals surface area contributed by atoms with Crippen LogP contribution in [-0.2, 0) is 20.7 Å². The number of ether oxygens (including phenoxy) is 2. The molecule has 1 aromatic carbocycles. The molecule has 37 heavy (non-hydrogen) atoms. The standard InChI is InChI=1S/C18H26N2O3.2C2HF3O2/c1-13(2)12-23-18(21)20-11-14(8-9-19(3)4)16-10-15(22-5)6-7-17(16)20;2*3-2(4,5)1(6)7/h6-7,10-11,13H,8-9,12H2,1-5H3;2*(H,6,7). The van der Waals surface area contributed by atoms with Gasteiger partial charge in [0.2, 0.25) is 0 Å². The van der Waals surface area contributed by atoms with Crippen molar-refractivity contribution in [2.24, 2.45) is 5.92 Å². The Morgan fingerprint density at radius 3 is 1.86 bits per heavy atom. The molecule has 9 nitrogen and oxygen atoms in total. The third-order valence-corrected chi connectivity index (χ3v) is 4.14. The van der Waals surface area contributed by atoms with Crippen molar-refractivity contribution in [2.45, 2.75) is 32.6 Å².